The highest BCUT2D eigenvalue weighted by atomic mass is 32.2. The molecule has 0 amide bonds. The molecular formula is C37H56O2S. The van der Waals surface area contributed by atoms with Gasteiger partial charge in [0, 0.05) is 10.5 Å². The molecule has 2 aromatic carbocycles. The number of hydrogen-bond donors (Lipinski definition) is 0. The molecule has 0 aliphatic carbocycles. The Morgan fingerprint density at radius 3 is 1.62 bits per heavy atom. The standard InChI is InChI=1S/C37H56O2S/c1-3-5-6-7-8-9-10-11-12-13-14-15-16-17-18-19-20-31-39-35-26-21-33(22-27-35)23-30-37(38)34-24-28-36(29-25-34)40-32-4-2/h21-30H,3-20,31-32H2,1-2H3/b30-23+. The maximum atomic E-state index is 12.5. The maximum Gasteiger partial charge on any atom is 0.185 e. The van der Waals surface area contributed by atoms with Gasteiger partial charge < -0.3 is 4.74 Å². The summed E-state index contributed by atoms with van der Waals surface area (Å²) < 4.78 is 5.93. The lowest BCUT2D eigenvalue weighted by Gasteiger charge is -2.07. The van der Waals surface area contributed by atoms with Gasteiger partial charge in [-0.05, 0) is 66.6 Å². The lowest BCUT2D eigenvalue weighted by molar-refractivity contribution is 0.104. The van der Waals surface area contributed by atoms with Crippen LogP contribution >= 0.6 is 11.8 Å². The average molecular weight is 565 g/mol. The van der Waals surface area contributed by atoms with Gasteiger partial charge in [0.25, 0.3) is 0 Å². The predicted molar refractivity (Wildman–Crippen MR) is 177 cm³/mol. The second-order valence-corrected chi connectivity index (χ2v) is 12.3. The highest BCUT2D eigenvalue weighted by Crippen LogP contribution is 2.20. The van der Waals surface area contributed by atoms with Crippen molar-refractivity contribution in [3.05, 3.63) is 65.7 Å². The van der Waals surface area contributed by atoms with Gasteiger partial charge in [0.15, 0.2) is 5.78 Å². The molecule has 0 atom stereocenters. The summed E-state index contributed by atoms with van der Waals surface area (Å²) in [6.45, 7) is 5.24. The van der Waals surface area contributed by atoms with Crippen molar-refractivity contribution >= 4 is 23.6 Å². The molecule has 0 aliphatic rings. The van der Waals surface area contributed by atoms with E-state index >= 15 is 0 Å². The van der Waals surface area contributed by atoms with Crippen molar-refractivity contribution in [3.8, 4) is 5.75 Å². The summed E-state index contributed by atoms with van der Waals surface area (Å²) in [5, 5.41) is 0. The second kappa shape index (κ2) is 23.7. The Morgan fingerprint density at radius 2 is 1.12 bits per heavy atom. The number of allylic oxidation sites excluding steroid dienone is 1. The first-order valence-corrected chi connectivity index (χ1v) is 17.4. The van der Waals surface area contributed by atoms with Gasteiger partial charge in [-0.3, -0.25) is 4.79 Å². The molecule has 0 saturated carbocycles. The molecule has 2 rings (SSSR count). The van der Waals surface area contributed by atoms with Gasteiger partial charge in [-0.25, -0.2) is 0 Å². The summed E-state index contributed by atoms with van der Waals surface area (Å²) in [6, 6.07) is 15.9. The number of unbranched alkanes of at least 4 members (excludes halogenated alkanes) is 16. The number of ketones is 1. The van der Waals surface area contributed by atoms with Crippen molar-refractivity contribution in [3.63, 3.8) is 0 Å². The molecule has 0 unspecified atom stereocenters. The Morgan fingerprint density at radius 1 is 0.625 bits per heavy atom. The SMILES string of the molecule is CCCCCCCCCCCCCCCCCCCOc1ccc(/C=C/C(=O)c2ccc(SCCC)cc2)cc1. The van der Waals surface area contributed by atoms with E-state index in [0.29, 0.717) is 0 Å². The first-order chi connectivity index (χ1) is 19.7. The first-order valence-electron chi connectivity index (χ1n) is 16.4. The molecule has 3 heteroatoms. The first kappa shape index (κ1) is 34.2. The number of thioether (sulfide) groups is 1. The smallest absolute Gasteiger partial charge is 0.185 e. The highest BCUT2D eigenvalue weighted by molar-refractivity contribution is 7.99. The lowest BCUT2D eigenvalue weighted by Crippen LogP contribution is -1.97. The fraction of sp³-hybridized carbons (Fsp3) is 0.595. The van der Waals surface area contributed by atoms with E-state index in [1.165, 1.54) is 108 Å². The fourth-order valence-electron chi connectivity index (χ4n) is 4.90. The molecule has 0 N–H and O–H groups in total. The van der Waals surface area contributed by atoms with Crippen LogP contribution in [-0.2, 0) is 0 Å². The van der Waals surface area contributed by atoms with Crippen LogP contribution in [0.5, 0.6) is 5.75 Å². The molecule has 40 heavy (non-hydrogen) atoms. The van der Waals surface area contributed by atoms with Crippen molar-refractivity contribution in [2.24, 2.45) is 0 Å². The summed E-state index contributed by atoms with van der Waals surface area (Å²) in [5.74, 6) is 2.04. The van der Waals surface area contributed by atoms with E-state index in [2.05, 4.69) is 13.8 Å². The molecule has 0 aliphatic heterocycles. The Hall–Kier alpha value is -2.00. The quantitative estimate of drug-likeness (QED) is 0.0519. The summed E-state index contributed by atoms with van der Waals surface area (Å²) in [5.41, 5.74) is 1.74. The van der Waals surface area contributed by atoms with Crippen LogP contribution in [0.25, 0.3) is 6.08 Å². The Balaban J connectivity index is 1.44. The van der Waals surface area contributed by atoms with E-state index in [1.54, 1.807) is 6.08 Å². The van der Waals surface area contributed by atoms with E-state index in [9.17, 15) is 4.79 Å². The summed E-state index contributed by atoms with van der Waals surface area (Å²) in [4.78, 5) is 13.7. The number of carbonyl (C=O) groups is 1. The third kappa shape index (κ3) is 17.0. The van der Waals surface area contributed by atoms with E-state index < -0.39 is 0 Å². The van der Waals surface area contributed by atoms with Crippen molar-refractivity contribution in [2.75, 3.05) is 12.4 Å². The van der Waals surface area contributed by atoms with Crippen LogP contribution < -0.4 is 4.74 Å². The molecular weight excluding hydrogens is 508 g/mol. The summed E-state index contributed by atoms with van der Waals surface area (Å²) in [6.07, 6.45) is 28.3. The molecule has 0 spiro atoms. The van der Waals surface area contributed by atoms with Crippen LogP contribution in [-0.4, -0.2) is 18.1 Å². The van der Waals surface area contributed by atoms with Crippen LogP contribution in [0.1, 0.15) is 145 Å². The van der Waals surface area contributed by atoms with E-state index in [0.717, 1.165) is 42.1 Å². The third-order valence-corrected chi connectivity index (χ3v) is 8.65. The zero-order chi connectivity index (χ0) is 28.5. The zero-order valence-electron chi connectivity index (χ0n) is 25.6. The molecule has 0 radical (unpaired) electrons. The number of ether oxygens (including phenoxy) is 1. The Bertz CT molecular complexity index is 901. The maximum absolute atomic E-state index is 12.5. The Kier molecular flexibility index (Phi) is 20.2. The largest absolute Gasteiger partial charge is 0.494 e. The minimum Gasteiger partial charge on any atom is -0.494 e. The topological polar surface area (TPSA) is 26.3 Å². The highest BCUT2D eigenvalue weighted by Gasteiger charge is 2.03. The molecule has 0 fully saturated rings. The predicted octanol–water partition coefficient (Wildman–Crippen LogP) is 12.1. The van der Waals surface area contributed by atoms with Crippen LogP contribution in [0.2, 0.25) is 0 Å². The van der Waals surface area contributed by atoms with Crippen LogP contribution in [0.15, 0.2) is 59.5 Å². The molecule has 2 nitrogen and oxygen atoms in total. The zero-order valence-corrected chi connectivity index (χ0v) is 26.5. The molecule has 0 heterocycles. The normalized spacial score (nSPS) is 11.3. The minimum absolute atomic E-state index is 0.0335. The van der Waals surface area contributed by atoms with Gasteiger partial charge in [0.2, 0.25) is 0 Å². The van der Waals surface area contributed by atoms with Crippen molar-refractivity contribution in [1.82, 2.24) is 0 Å². The van der Waals surface area contributed by atoms with Gasteiger partial charge in [-0.1, -0.05) is 135 Å². The number of rotatable bonds is 25. The lowest BCUT2D eigenvalue weighted by atomic mass is 10.0. The summed E-state index contributed by atoms with van der Waals surface area (Å²) >= 11 is 1.83. The number of benzene rings is 2. The summed E-state index contributed by atoms with van der Waals surface area (Å²) in [7, 11) is 0. The molecule has 0 bridgehead atoms. The monoisotopic (exact) mass is 564 g/mol. The number of hydrogen-bond acceptors (Lipinski definition) is 3. The van der Waals surface area contributed by atoms with Gasteiger partial charge in [0.1, 0.15) is 5.75 Å². The number of carbonyl (C=O) groups excluding carboxylic acids is 1. The van der Waals surface area contributed by atoms with E-state index in [4.69, 9.17) is 4.74 Å². The molecule has 0 aromatic heterocycles. The van der Waals surface area contributed by atoms with Crippen molar-refractivity contribution in [1.29, 1.82) is 0 Å². The fourth-order valence-corrected chi connectivity index (χ4v) is 5.66. The van der Waals surface area contributed by atoms with Crippen molar-refractivity contribution < 1.29 is 9.53 Å². The van der Waals surface area contributed by atoms with Gasteiger partial charge in [-0.2, -0.15) is 0 Å². The second-order valence-electron chi connectivity index (χ2n) is 11.1. The van der Waals surface area contributed by atoms with Gasteiger partial charge in [0.05, 0.1) is 6.61 Å². The van der Waals surface area contributed by atoms with Crippen LogP contribution in [0.4, 0.5) is 0 Å². The molecule has 2 aromatic rings. The molecule has 222 valence electrons. The van der Waals surface area contributed by atoms with Crippen LogP contribution in [0.3, 0.4) is 0 Å². The van der Waals surface area contributed by atoms with Crippen molar-refractivity contribution in [2.45, 2.75) is 134 Å². The third-order valence-electron chi connectivity index (χ3n) is 7.44. The van der Waals surface area contributed by atoms with Crippen LogP contribution in [0, 0.1) is 0 Å². The molecule has 0 saturated heterocycles. The minimum atomic E-state index is 0.0335. The Labute approximate surface area is 250 Å². The average Bonchev–Trinajstić information content (AvgIpc) is 2.99. The van der Waals surface area contributed by atoms with Gasteiger partial charge >= 0.3 is 0 Å². The van der Waals surface area contributed by atoms with E-state index in [1.807, 2.05) is 66.4 Å². The van der Waals surface area contributed by atoms with Gasteiger partial charge in [-0.15, -0.1) is 11.8 Å². The van der Waals surface area contributed by atoms with E-state index in [-0.39, 0.29) is 5.78 Å².